The van der Waals surface area contributed by atoms with Crippen LogP contribution in [0, 0.1) is 5.92 Å². The summed E-state index contributed by atoms with van der Waals surface area (Å²) < 4.78 is 0. The van der Waals surface area contributed by atoms with Crippen molar-refractivity contribution in [1.82, 2.24) is 15.2 Å². The van der Waals surface area contributed by atoms with Gasteiger partial charge in [-0.05, 0) is 25.2 Å². The number of nitrogens with zero attached hydrogens (tertiary/aromatic N) is 3. The van der Waals surface area contributed by atoms with Gasteiger partial charge in [-0.15, -0.1) is 5.10 Å². The smallest absolute Gasteiger partial charge is 0.244 e. The van der Waals surface area contributed by atoms with Crippen LogP contribution in [-0.2, 0) is 0 Å². The lowest BCUT2D eigenvalue weighted by atomic mass is 9.85. The maximum absolute atomic E-state index is 6.10. The second-order valence-electron chi connectivity index (χ2n) is 5.52. The van der Waals surface area contributed by atoms with Crippen molar-refractivity contribution in [1.29, 1.82) is 0 Å². The Labute approximate surface area is 102 Å². The summed E-state index contributed by atoms with van der Waals surface area (Å²) in [6.45, 7) is 4.12. The summed E-state index contributed by atoms with van der Waals surface area (Å²) in [7, 11) is 0. The average Bonchev–Trinajstić information content (AvgIpc) is 2.69. The molecule has 5 nitrogen and oxygen atoms in total. The molecule has 1 saturated heterocycles. The predicted octanol–water partition coefficient (Wildman–Crippen LogP) is 1.25. The third-order valence-corrected chi connectivity index (χ3v) is 4.28. The van der Waals surface area contributed by atoms with E-state index in [4.69, 9.17) is 5.73 Å². The van der Waals surface area contributed by atoms with E-state index < -0.39 is 0 Å². The first-order valence-electron chi connectivity index (χ1n) is 6.67. The minimum absolute atomic E-state index is 0.245. The second kappa shape index (κ2) is 4.29. The monoisotopic (exact) mass is 235 g/mol. The van der Waals surface area contributed by atoms with E-state index in [1.54, 1.807) is 0 Å². The fourth-order valence-electron chi connectivity index (χ4n) is 2.55. The van der Waals surface area contributed by atoms with Crippen molar-refractivity contribution in [2.45, 2.75) is 44.6 Å². The molecule has 0 radical (unpaired) electrons. The van der Waals surface area contributed by atoms with Crippen molar-refractivity contribution in [3.05, 3.63) is 5.82 Å². The van der Waals surface area contributed by atoms with E-state index in [-0.39, 0.29) is 6.04 Å². The van der Waals surface area contributed by atoms with Crippen molar-refractivity contribution in [2.75, 3.05) is 18.0 Å². The van der Waals surface area contributed by atoms with Crippen LogP contribution in [0.1, 0.15) is 44.3 Å². The van der Waals surface area contributed by atoms with Gasteiger partial charge in [-0.1, -0.05) is 13.3 Å². The highest BCUT2D eigenvalue weighted by atomic mass is 15.4. The molecule has 1 saturated carbocycles. The molecule has 2 heterocycles. The van der Waals surface area contributed by atoms with Gasteiger partial charge in [0.25, 0.3) is 0 Å². The predicted molar refractivity (Wildman–Crippen MR) is 66.9 cm³/mol. The Hall–Kier alpha value is -1.10. The SMILES string of the molecule is CC1CCN(c2n[nH]c(C3CCC3)n2)CC1N. The number of aromatic amines is 1. The van der Waals surface area contributed by atoms with Gasteiger partial charge in [0.15, 0.2) is 0 Å². The van der Waals surface area contributed by atoms with Crippen molar-refractivity contribution in [3.63, 3.8) is 0 Å². The number of H-pyrrole nitrogens is 1. The van der Waals surface area contributed by atoms with Gasteiger partial charge in [0.1, 0.15) is 5.82 Å². The van der Waals surface area contributed by atoms with Crippen molar-refractivity contribution >= 4 is 5.95 Å². The largest absolute Gasteiger partial charge is 0.338 e. The van der Waals surface area contributed by atoms with Crippen molar-refractivity contribution in [3.8, 4) is 0 Å². The van der Waals surface area contributed by atoms with E-state index in [0.717, 1.165) is 31.3 Å². The Kier molecular flexibility index (Phi) is 2.78. The first-order chi connectivity index (χ1) is 8.24. The van der Waals surface area contributed by atoms with Crippen molar-refractivity contribution < 1.29 is 0 Å². The first kappa shape index (κ1) is 11.0. The van der Waals surface area contributed by atoms with Gasteiger partial charge in [-0.25, -0.2) is 0 Å². The summed E-state index contributed by atoms with van der Waals surface area (Å²) in [5.41, 5.74) is 6.10. The molecular weight excluding hydrogens is 214 g/mol. The van der Waals surface area contributed by atoms with E-state index in [9.17, 15) is 0 Å². The molecule has 1 aromatic rings. The lowest BCUT2D eigenvalue weighted by Gasteiger charge is -2.34. The molecule has 0 amide bonds. The van der Waals surface area contributed by atoms with E-state index >= 15 is 0 Å². The normalized spacial score (nSPS) is 30.4. The molecule has 5 heteroatoms. The first-order valence-corrected chi connectivity index (χ1v) is 6.67. The summed E-state index contributed by atoms with van der Waals surface area (Å²) in [6.07, 6.45) is 4.97. The summed E-state index contributed by atoms with van der Waals surface area (Å²) in [5.74, 6) is 3.14. The van der Waals surface area contributed by atoms with Crippen LogP contribution in [0.3, 0.4) is 0 Å². The number of rotatable bonds is 2. The van der Waals surface area contributed by atoms with Crippen LogP contribution in [0.25, 0.3) is 0 Å². The van der Waals surface area contributed by atoms with Crippen LogP contribution in [-0.4, -0.2) is 34.3 Å². The number of aromatic nitrogens is 3. The lowest BCUT2D eigenvalue weighted by Crippen LogP contribution is -2.48. The summed E-state index contributed by atoms with van der Waals surface area (Å²) in [5, 5.41) is 7.42. The maximum atomic E-state index is 6.10. The quantitative estimate of drug-likeness (QED) is 0.809. The third kappa shape index (κ3) is 2.04. The van der Waals surface area contributed by atoms with Crippen LogP contribution in [0.4, 0.5) is 5.95 Å². The third-order valence-electron chi connectivity index (χ3n) is 4.28. The zero-order valence-electron chi connectivity index (χ0n) is 10.4. The molecule has 17 heavy (non-hydrogen) atoms. The minimum Gasteiger partial charge on any atom is -0.338 e. The number of hydrogen-bond donors (Lipinski definition) is 2. The molecule has 3 rings (SSSR count). The molecule has 1 aliphatic heterocycles. The molecule has 1 aliphatic carbocycles. The molecule has 94 valence electrons. The Bertz CT molecular complexity index is 384. The van der Waals surface area contributed by atoms with Gasteiger partial charge in [-0.2, -0.15) is 4.98 Å². The second-order valence-corrected chi connectivity index (χ2v) is 5.52. The van der Waals surface area contributed by atoms with Crippen LogP contribution < -0.4 is 10.6 Å². The van der Waals surface area contributed by atoms with Gasteiger partial charge in [-0.3, -0.25) is 5.10 Å². The van der Waals surface area contributed by atoms with E-state index in [2.05, 4.69) is 27.0 Å². The van der Waals surface area contributed by atoms with E-state index in [0.29, 0.717) is 11.8 Å². The molecule has 0 spiro atoms. The number of piperidine rings is 1. The standard InChI is InChI=1S/C12H21N5/c1-8-5-6-17(7-10(8)13)12-14-11(15-16-12)9-3-2-4-9/h8-10H,2-7,13H2,1H3,(H,14,15,16). The minimum atomic E-state index is 0.245. The molecule has 0 bridgehead atoms. The molecule has 2 fully saturated rings. The van der Waals surface area contributed by atoms with E-state index in [1.807, 2.05) is 0 Å². The zero-order chi connectivity index (χ0) is 11.8. The van der Waals surface area contributed by atoms with Gasteiger partial charge >= 0.3 is 0 Å². The van der Waals surface area contributed by atoms with Gasteiger partial charge in [0, 0.05) is 25.0 Å². The highest BCUT2D eigenvalue weighted by Crippen LogP contribution is 2.34. The van der Waals surface area contributed by atoms with Gasteiger partial charge in [0.05, 0.1) is 0 Å². The maximum Gasteiger partial charge on any atom is 0.244 e. The lowest BCUT2D eigenvalue weighted by molar-refractivity contribution is 0.376. The number of hydrogen-bond acceptors (Lipinski definition) is 4. The fraction of sp³-hybridized carbons (Fsp3) is 0.833. The van der Waals surface area contributed by atoms with Gasteiger partial charge in [0.2, 0.25) is 5.95 Å². The van der Waals surface area contributed by atoms with Crippen molar-refractivity contribution in [2.24, 2.45) is 11.7 Å². The molecular formula is C12H21N5. The highest BCUT2D eigenvalue weighted by Gasteiger charge is 2.27. The average molecular weight is 235 g/mol. The number of anilines is 1. The topological polar surface area (TPSA) is 70.8 Å². The van der Waals surface area contributed by atoms with Crippen LogP contribution in [0.5, 0.6) is 0 Å². The van der Waals surface area contributed by atoms with Gasteiger partial charge < -0.3 is 10.6 Å². The molecule has 2 aliphatic rings. The Morgan fingerprint density at radius 1 is 1.35 bits per heavy atom. The summed E-state index contributed by atoms with van der Waals surface area (Å²) in [6, 6.07) is 0.245. The summed E-state index contributed by atoms with van der Waals surface area (Å²) in [4.78, 5) is 6.83. The zero-order valence-corrected chi connectivity index (χ0v) is 10.4. The Morgan fingerprint density at radius 2 is 2.18 bits per heavy atom. The van der Waals surface area contributed by atoms with Crippen LogP contribution in [0.15, 0.2) is 0 Å². The van der Waals surface area contributed by atoms with Crippen LogP contribution >= 0.6 is 0 Å². The molecule has 2 unspecified atom stereocenters. The van der Waals surface area contributed by atoms with Crippen LogP contribution in [0.2, 0.25) is 0 Å². The highest BCUT2D eigenvalue weighted by molar-refractivity contribution is 5.31. The fourth-order valence-corrected chi connectivity index (χ4v) is 2.55. The summed E-state index contributed by atoms with van der Waals surface area (Å²) >= 11 is 0. The molecule has 2 atom stereocenters. The number of nitrogens with one attached hydrogen (secondary N) is 1. The molecule has 0 aromatic carbocycles. The van der Waals surface area contributed by atoms with E-state index in [1.165, 1.54) is 19.3 Å². The molecule has 3 N–H and O–H groups in total. The molecule has 1 aromatic heterocycles. The Balaban J connectivity index is 1.69. The Morgan fingerprint density at radius 3 is 2.82 bits per heavy atom. The number of nitrogens with two attached hydrogens (primary N) is 1.